The highest BCUT2D eigenvalue weighted by molar-refractivity contribution is 5.13. The summed E-state index contributed by atoms with van der Waals surface area (Å²) in [6.45, 7) is 2.31. The molecule has 0 radical (unpaired) electrons. The minimum Gasteiger partial charge on any atom is -0.296 e. The molecule has 3 rings (SSSR count). The maximum atomic E-state index is 4.06. The Balaban J connectivity index is 1.62. The summed E-state index contributed by atoms with van der Waals surface area (Å²) in [5.41, 5.74) is 2.69. The maximum absolute atomic E-state index is 4.06. The molecule has 1 saturated heterocycles. The summed E-state index contributed by atoms with van der Waals surface area (Å²) in [5, 5.41) is 6.98. The van der Waals surface area contributed by atoms with Gasteiger partial charge in [0.15, 0.2) is 0 Å². The molecule has 0 aromatic carbocycles. The van der Waals surface area contributed by atoms with Crippen molar-refractivity contribution in [1.29, 1.82) is 0 Å². The summed E-state index contributed by atoms with van der Waals surface area (Å²) in [6, 6.07) is 4.75. The van der Waals surface area contributed by atoms with Crippen molar-refractivity contribution in [2.24, 2.45) is 0 Å². The van der Waals surface area contributed by atoms with Crippen LogP contribution in [-0.2, 0) is 6.42 Å². The Bertz CT molecular complexity index is 466. The van der Waals surface area contributed by atoms with Crippen LogP contribution in [0.1, 0.15) is 30.0 Å². The summed E-state index contributed by atoms with van der Waals surface area (Å²) in [4.78, 5) is 6.62. The summed E-state index contributed by atoms with van der Waals surface area (Å²) in [5.74, 6) is 0. The molecule has 1 unspecified atom stereocenters. The van der Waals surface area contributed by atoms with Gasteiger partial charge in [-0.05, 0) is 43.5 Å². The predicted octanol–water partition coefficient (Wildman–Crippen LogP) is 2.18. The number of hydrogen-bond acceptors (Lipinski definition) is 3. The van der Waals surface area contributed by atoms with Crippen molar-refractivity contribution in [2.45, 2.75) is 25.3 Å². The first-order valence-corrected chi connectivity index (χ1v) is 6.55. The number of nitrogens with one attached hydrogen (secondary N) is 1. The average molecular weight is 242 g/mol. The highest BCUT2D eigenvalue weighted by Crippen LogP contribution is 2.31. The Morgan fingerprint density at radius 1 is 1.33 bits per heavy atom. The highest BCUT2D eigenvalue weighted by Gasteiger charge is 2.25. The Hall–Kier alpha value is -1.68. The van der Waals surface area contributed by atoms with Crippen molar-refractivity contribution in [1.82, 2.24) is 20.1 Å². The minimum atomic E-state index is 0.547. The van der Waals surface area contributed by atoms with Gasteiger partial charge in [0.05, 0.1) is 6.20 Å². The fraction of sp³-hybridized carbons (Fsp3) is 0.429. The highest BCUT2D eigenvalue weighted by atomic mass is 15.2. The van der Waals surface area contributed by atoms with Crippen LogP contribution in [0.3, 0.4) is 0 Å². The number of rotatable bonds is 4. The lowest BCUT2D eigenvalue weighted by Crippen LogP contribution is -2.25. The lowest BCUT2D eigenvalue weighted by molar-refractivity contribution is 0.260. The monoisotopic (exact) mass is 242 g/mol. The van der Waals surface area contributed by atoms with E-state index in [-0.39, 0.29) is 0 Å². The molecular formula is C14H18N4. The largest absolute Gasteiger partial charge is 0.296 e. The van der Waals surface area contributed by atoms with Crippen LogP contribution in [0.5, 0.6) is 0 Å². The van der Waals surface area contributed by atoms with Gasteiger partial charge in [-0.3, -0.25) is 15.0 Å². The van der Waals surface area contributed by atoms with Crippen molar-refractivity contribution in [3.63, 3.8) is 0 Å². The van der Waals surface area contributed by atoms with Crippen LogP contribution in [0.15, 0.2) is 36.9 Å². The zero-order valence-electron chi connectivity index (χ0n) is 10.4. The molecule has 4 nitrogen and oxygen atoms in total. The Kier molecular flexibility index (Phi) is 3.37. The molecule has 0 aliphatic carbocycles. The van der Waals surface area contributed by atoms with Gasteiger partial charge < -0.3 is 0 Å². The van der Waals surface area contributed by atoms with Gasteiger partial charge in [0.2, 0.25) is 0 Å². The van der Waals surface area contributed by atoms with Crippen molar-refractivity contribution >= 4 is 0 Å². The predicted molar refractivity (Wildman–Crippen MR) is 70.1 cm³/mol. The number of nitrogens with zero attached hydrogens (tertiary/aromatic N) is 3. The number of likely N-dealkylation sites (tertiary alicyclic amines) is 1. The molecule has 2 aromatic rings. The van der Waals surface area contributed by atoms with E-state index in [1.807, 2.05) is 24.8 Å². The topological polar surface area (TPSA) is 44.8 Å². The third-order valence-electron chi connectivity index (χ3n) is 3.70. The Labute approximate surface area is 107 Å². The van der Waals surface area contributed by atoms with E-state index in [0.29, 0.717) is 6.04 Å². The molecule has 0 spiro atoms. The molecular weight excluding hydrogens is 224 g/mol. The van der Waals surface area contributed by atoms with Crippen LogP contribution in [-0.4, -0.2) is 33.2 Å². The standard InChI is InChI=1S/C14H18N4/c1-2-14(13-10-16-17-11-13)18(8-1)9-5-12-3-6-15-7-4-12/h3-4,6-7,10-11,14H,1-2,5,8-9H2,(H,16,17). The molecule has 0 amide bonds. The number of aromatic nitrogens is 3. The van der Waals surface area contributed by atoms with Crippen LogP contribution >= 0.6 is 0 Å². The van der Waals surface area contributed by atoms with Crippen LogP contribution in [0.4, 0.5) is 0 Å². The van der Waals surface area contributed by atoms with Crippen molar-refractivity contribution in [2.75, 3.05) is 13.1 Å². The minimum absolute atomic E-state index is 0.547. The number of H-pyrrole nitrogens is 1. The molecule has 0 bridgehead atoms. The van der Waals surface area contributed by atoms with E-state index in [1.54, 1.807) is 0 Å². The second-order valence-electron chi connectivity index (χ2n) is 4.83. The molecule has 1 aliphatic heterocycles. The normalized spacial score (nSPS) is 20.3. The third kappa shape index (κ3) is 2.43. The maximum Gasteiger partial charge on any atom is 0.0535 e. The van der Waals surface area contributed by atoms with Crippen LogP contribution in [0.25, 0.3) is 0 Å². The number of hydrogen-bond donors (Lipinski definition) is 1. The van der Waals surface area contributed by atoms with E-state index in [4.69, 9.17) is 0 Å². The molecule has 18 heavy (non-hydrogen) atoms. The molecule has 4 heteroatoms. The molecule has 94 valence electrons. The Morgan fingerprint density at radius 2 is 2.22 bits per heavy atom. The fourth-order valence-electron chi connectivity index (χ4n) is 2.74. The summed E-state index contributed by atoms with van der Waals surface area (Å²) in [6.07, 6.45) is 11.3. The second-order valence-corrected chi connectivity index (χ2v) is 4.83. The van der Waals surface area contributed by atoms with E-state index < -0.39 is 0 Å². The quantitative estimate of drug-likeness (QED) is 0.893. The molecule has 1 atom stereocenters. The average Bonchev–Trinajstić information content (AvgIpc) is 3.08. The SMILES string of the molecule is c1cc(CCN2CCCC2c2cn[nH]c2)ccn1. The van der Waals surface area contributed by atoms with Crippen LogP contribution in [0.2, 0.25) is 0 Å². The van der Waals surface area contributed by atoms with Gasteiger partial charge in [0, 0.05) is 36.7 Å². The molecule has 2 aromatic heterocycles. The van der Waals surface area contributed by atoms with Gasteiger partial charge in [0.1, 0.15) is 0 Å². The molecule has 1 aliphatic rings. The lowest BCUT2D eigenvalue weighted by atomic mass is 10.1. The van der Waals surface area contributed by atoms with E-state index >= 15 is 0 Å². The first-order valence-electron chi connectivity index (χ1n) is 6.55. The zero-order valence-corrected chi connectivity index (χ0v) is 10.4. The molecule has 1 N–H and O–H groups in total. The zero-order chi connectivity index (χ0) is 12.2. The van der Waals surface area contributed by atoms with E-state index in [0.717, 1.165) is 13.0 Å². The molecule has 1 fully saturated rings. The molecule has 3 heterocycles. The van der Waals surface area contributed by atoms with Gasteiger partial charge in [-0.2, -0.15) is 5.10 Å². The van der Waals surface area contributed by atoms with Crippen molar-refractivity contribution in [3.8, 4) is 0 Å². The van der Waals surface area contributed by atoms with E-state index in [2.05, 4.69) is 32.2 Å². The number of aromatic amines is 1. The van der Waals surface area contributed by atoms with Gasteiger partial charge in [0.25, 0.3) is 0 Å². The van der Waals surface area contributed by atoms with Crippen LogP contribution < -0.4 is 0 Å². The summed E-state index contributed by atoms with van der Waals surface area (Å²) < 4.78 is 0. The molecule has 0 saturated carbocycles. The van der Waals surface area contributed by atoms with Crippen LogP contribution in [0, 0.1) is 0 Å². The number of pyridine rings is 1. The van der Waals surface area contributed by atoms with Gasteiger partial charge >= 0.3 is 0 Å². The summed E-state index contributed by atoms with van der Waals surface area (Å²) >= 11 is 0. The Morgan fingerprint density at radius 3 is 3.00 bits per heavy atom. The summed E-state index contributed by atoms with van der Waals surface area (Å²) in [7, 11) is 0. The van der Waals surface area contributed by atoms with Gasteiger partial charge in [-0.1, -0.05) is 0 Å². The van der Waals surface area contributed by atoms with Gasteiger partial charge in [-0.15, -0.1) is 0 Å². The first-order chi connectivity index (χ1) is 8.93. The van der Waals surface area contributed by atoms with Crippen molar-refractivity contribution < 1.29 is 0 Å². The fourth-order valence-corrected chi connectivity index (χ4v) is 2.74. The lowest BCUT2D eigenvalue weighted by Gasteiger charge is -2.23. The third-order valence-corrected chi connectivity index (χ3v) is 3.70. The van der Waals surface area contributed by atoms with E-state index in [9.17, 15) is 0 Å². The van der Waals surface area contributed by atoms with E-state index in [1.165, 1.54) is 30.5 Å². The van der Waals surface area contributed by atoms with Gasteiger partial charge in [-0.25, -0.2) is 0 Å². The second kappa shape index (κ2) is 5.31. The smallest absolute Gasteiger partial charge is 0.0535 e. The first kappa shape index (κ1) is 11.4. The van der Waals surface area contributed by atoms with Crippen molar-refractivity contribution in [3.05, 3.63) is 48.0 Å².